The maximum atomic E-state index is 12.7. The molecule has 0 fully saturated rings. The van der Waals surface area contributed by atoms with Crippen LogP contribution < -0.4 is 18.9 Å². The zero-order valence-electron chi connectivity index (χ0n) is 14.0. The highest BCUT2D eigenvalue weighted by atomic mass is 16.6. The second kappa shape index (κ2) is 6.43. The van der Waals surface area contributed by atoms with Crippen LogP contribution in [0.5, 0.6) is 34.5 Å². The molecule has 0 saturated carbocycles. The highest BCUT2D eigenvalue weighted by Gasteiger charge is 2.37. The lowest BCUT2D eigenvalue weighted by Crippen LogP contribution is -2.21. The lowest BCUT2D eigenvalue weighted by Gasteiger charge is -2.29. The number of rotatable bonds is 4. The molecular formula is C18H18O7. The molecule has 0 bridgehead atoms. The van der Waals surface area contributed by atoms with E-state index in [-0.39, 0.29) is 52.3 Å². The van der Waals surface area contributed by atoms with Gasteiger partial charge in [0, 0.05) is 0 Å². The minimum Gasteiger partial charge on any atom is -0.508 e. The van der Waals surface area contributed by atoms with Gasteiger partial charge in [0.25, 0.3) is 0 Å². The maximum absolute atomic E-state index is 12.7. The van der Waals surface area contributed by atoms with Crippen molar-refractivity contribution in [3.63, 3.8) is 0 Å². The first-order valence-electron chi connectivity index (χ1n) is 7.55. The predicted molar refractivity (Wildman–Crippen MR) is 88.2 cm³/mol. The minimum atomic E-state index is -0.577. The van der Waals surface area contributed by atoms with E-state index in [9.17, 15) is 15.0 Å². The number of carbonyl (C=O) groups excluding carboxylic acids is 1. The molecule has 0 saturated heterocycles. The number of benzene rings is 2. The Kier molecular flexibility index (Phi) is 4.31. The van der Waals surface area contributed by atoms with Gasteiger partial charge in [0.05, 0.1) is 27.8 Å². The number of carbonyl (C=O) groups is 1. The Balaban J connectivity index is 2.15. The fraction of sp³-hybridized carbons (Fsp3) is 0.278. The topological polar surface area (TPSA) is 94.5 Å². The van der Waals surface area contributed by atoms with Crippen LogP contribution in [0, 0.1) is 0 Å². The number of hydrogen-bond donors (Lipinski definition) is 2. The summed E-state index contributed by atoms with van der Waals surface area (Å²) in [6.07, 6.45) is -0.545. The van der Waals surface area contributed by atoms with Gasteiger partial charge in [-0.2, -0.15) is 0 Å². The molecule has 0 amide bonds. The van der Waals surface area contributed by atoms with E-state index in [0.717, 1.165) is 0 Å². The van der Waals surface area contributed by atoms with Crippen molar-refractivity contribution in [3.8, 4) is 34.5 Å². The fourth-order valence-corrected chi connectivity index (χ4v) is 2.91. The second-order valence-electron chi connectivity index (χ2n) is 5.48. The normalized spacial score (nSPS) is 16.0. The summed E-state index contributed by atoms with van der Waals surface area (Å²) in [5.41, 5.74) is 0.720. The van der Waals surface area contributed by atoms with Crippen molar-refractivity contribution in [2.45, 2.75) is 12.5 Å². The zero-order chi connectivity index (χ0) is 18.1. The Hall–Kier alpha value is -3.09. The number of phenols is 2. The number of methoxy groups -OCH3 is 3. The van der Waals surface area contributed by atoms with Gasteiger partial charge >= 0.3 is 0 Å². The lowest BCUT2D eigenvalue weighted by molar-refractivity contribution is 0.0834. The Morgan fingerprint density at radius 1 is 0.960 bits per heavy atom. The highest BCUT2D eigenvalue weighted by Crippen LogP contribution is 2.56. The van der Waals surface area contributed by atoms with Crippen LogP contribution in [-0.2, 0) is 0 Å². The molecule has 7 nitrogen and oxygen atoms in total. The van der Waals surface area contributed by atoms with Crippen molar-refractivity contribution in [3.05, 3.63) is 35.4 Å². The van der Waals surface area contributed by atoms with Crippen LogP contribution in [0.3, 0.4) is 0 Å². The standard InChI is InChI=1S/C18H18O7/c1-22-16-14(21)13-11(20)8-12(9-4-6-10(19)7-5-9)25-15(13)17(23-2)18(16)24-3/h4-7,12,19,21H,8H2,1-3H3. The summed E-state index contributed by atoms with van der Waals surface area (Å²) in [7, 11) is 4.16. The Morgan fingerprint density at radius 3 is 2.12 bits per heavy atom. The van der Waals surface area contributed by atoms with Gasteiger partial charge in [-0.25, -0.2) is 0 Å². The van der Waals surface area contributed by atoms with E-state index in [1.54, 1.807) is 12.1 Å². The van der Waals surface area contributed by atoms with E-state index in [2.05, 4.69) is 0 Å². The highest BCUT2D eigenvalue weighted by molar-refractivity contribution is 6.05. The molecule has 25 heavy (non-hydrogen) atoms. The number of ether oxygens (including phenoxy) is 4. The van der Waals surface area contributed by atoms with E-state index in [0.29, 0.717) is 5.56 Å². The van der Waals surface area contributed by atoms with Gasteiger partial charge in [0.2, 0.25) is 17.2 Å². The largest absolute Gasteiger partial charge is 0.508 e. The monoisotopic (exact) mass is 346 g/mol. The molecule has 1 heterocycles. The van der Waals surface area contributed by atoms with E-state index in [4.69, 9.17) is 18.9 Å². The van der Waals surface area contributed by atoms with Gasteiger partial charge < -0.3 is 29.2 Å². The van der Waals surface area contributed by atoms with Crippen molar-refractivity contribution in [2.75, 3.05) is 21.3 Å². The average molecular weight is 346 g/mol. The Morgan fingerprint density at radius 2 is 1.56 bits per heavy atom. The summed E-state index contributed by atoms with van der Waals surface area (Å²) in [5, 5.41) is 19.9. The van der Waals surface area contributed by atoms with Crippen molar-refractivity contribution in [1.82, 2.24) is 0 Å². The lowest BCUT2D eigenvalue weighted by atomic mass is 9.94. The molecular weight excluding hydrogens is 328 g/mol. The quantitative estimate of drug-likeness (QED) is 0.879. The SMILES string of the molecule is COc1c(O)c2c(c(OC)c1OC)OC(c1ccc(O)cc1)CC2=O. The zero-order valence-corrected chi connectivity index (χ0v) is 14.0. The summed E-state index contributed by atoms with van der Waals surface area (Å²) < 4.78 is 21.7. The van der Waals surface area contributed by atoms with Gasteiger partial charge in [0.1, 0.15) is 17.4 Å². The molecule has 3 rings (SSSR count). The van der Waals surface area contributed by atoms with Gasteiger partial charge in [0.15, 0.2) is 17.3 Å². The van der Waals surface area contributed by atoms with Crippen LogP contribution >= 0.6 is 0 Å². The number of hydrogen-bond acceptors (Lipinski definition) is 7. The molecule has 2 N–H and O–H groups in total. The molecule has 7 heteroatoms. The van der Waals surface area contributed by atoms with Gasteiger partial charge in [-0.3, -0.25) is 4.79 Å². The molecule has 1 aliphatic rings. The van der Waals surface area contributed by atoms with Gasteiger partial charge in [-0.05, 0) is 17.7 Å². The van der Waals surface area contributed by atoms with Crippen molar-refractivity contribution in [2.24, 2.45) is 0 Å². The molecule has 132 valence electrons. The smallest absolute Gasteiger partial charge is 0.211 e. The average Bonchev–Trinajstić information content (AvgIpc) is 2.61. The number of fused-ring (bicyclic) bond motifs is 1. The van der Waals surface area contributed by atoms with E-state index in [1.807, 2.05) is 0 Å². The molecule has 0 aromatic heterocycles. The third-order valence-corrected chi connectivity index (χ3v) is 4.08. The molecule has 1 aliphatic heterocycles. The van der Waals surface area contributed by atoms with Crippen LogP contribution in [0.25, 0.3) is 0 Å². The second-order valence-corrected chi connectivity index (χ2v) is 5.48. The summed E-state index contributed by atoms with van der Waals surface area (Å²) in [4.78, 5) is 12.7. The summed E-state index contributed by atoms with van der Waals surface area (Å²) >= 11 is 0. The summed E-state index contributed by atoms with van der Waals surface area (Å²) in [5.74, 6) is -0.109. The van der Waals surface area contributed by atoms with Gasteiger partial charge in [-0.15, -0.1) is 0 Å². The molecule has 0 spiro atoms. The van der Waals surface area contributed by atoms with Crippen LogP contribution in [0.2, 0.25) is 0 Å². The van der Waals surface area contributed by atoms with Crippen LogP contribution in [0.1, 0.15) is 28.4 Å². The van der Waals surface area contributed by atoms with Crippen molar-refractivity contribution < 1.29 is 34.0 Å². The summed E-state index contributed by atoms with van der Waals surface area (Å²) in [6.45, 7) is 0. The maximum Gasteiger partial charge on any atom is 0.211 e. The third kappa shape index (κ3) is 2.67. The van der Waals surface area contributed by atoms with E-state index < -0.39 is 6.10 Å². The fourth-order valence-electron chi connectivity index (χ4n) is 2.91. The predicted octanol–water partition coefficient (Wildman–Crippen LogP) is 2.83. The van der Waals surface area contributed by atoms with E-state index >= 15 is 0 Å². The molecule has 1 unspecified atom stereocenters. The Bertz CT molecular complexity index is 811. The van der Waals surface area contributed by atoms with Gasteiger partial charge in [-0.1, -0.05) is 12.1 Å². The number of Topliss-reactive ketones (excluding diaryl/α,β-unsaturated/α-hetero) is 1. The number of aromatic hydroxyl groups is 2. The summed E-state index contributed by atoms with van der Waals surface area (Å²) in [6, 6.07) is 6.38. The van der Waals surface area contributed by atoms with E-state index in [1.165, 1.54) is 33.5 Å². The number of ketones is 1. The Labute approximate surface area is 144 Å². The molecule has 0 radical (unpaired) electrons. The van der Waals surface area contributed by atoms with Crippen molar-refractivity contribution >= 4 is 5.78 Å². The molecule has 1 atom stereocenters. The first-order valence-corrected chi connectivity index (χ1v) is 7.55. The van der Waals surface area contributed by atoms with Crippen LogP contribution in [0.15, 0.2) is 24.3 Å². The molecule has 0 aliphatic carbocycles. The van der Waals surface area contributed by atoms with Crippen LogP contribution in [-0.4, -0.2) is 37.3 Å². The molecule has 2 aromatic carbocycles. The van der Waals surface area contributed by atoms with Crippen molar-refractivity contribution in [1.29, 1.82) is 0 Å². The third-order valence-electron chi connectivity index (χ3n) is 4.08. The first-order chi connectivity index (χ1) is 12.0. The first kappa shape index (κ1) is 16.8. The van der Waals surface area contributed by atoms with Crippen LogP contribution in [0.4, 0.5) is 0 Å². The molecule has 2 aromatic rings. The minimum absolute atomic E-state index is 0.00419. The number of phenolic OH excluding ortho intramolecular Hbond substituents is 2.